The fourth-order valence-corrected chi connectivity index (χ4v) is 7.31. The summed E-state index contributed by atoms with van der Waals surface area (Å²) in [4.78, 5) is 104. The van der Waals surface area contributed by atoms with Gasteiger partial charge in [0.05, 0.1) is 12.7 Å². The number of phenolic OH excluding ortho intramolecular Hbond substituents is 1. The number of aliphatic hydroxyl groups excluding tert-OH is 2. The number of carboxylic acid groups (broad SMARTS) is 2. The molecular weight excluding hydrogens is 869 g/mol. The highest BCUT2D eigenvalue weighted by atomic mass is 16.4. The summed E-state index contributed by atoms with van der Waals surface area (Å²) >= 11 is 0. The Kier molecular flexibility index (Phi) is 29.6. The van der Waals surface area contributed by atoms with Gasteiger partial charge in [0.15, 0.2) is 0 Å². The predicted molar refractivity (Wildman–Crippen MR) is 251 cm³/mol. The third-order valence-corrected chi connectivity index (χ3v) is 11.3. The van der Waals surface area contributed by atoms with Gasteiger partial charge in [0.1, 0.15) is 42.0 Å². The lowest BCUT2D eigenvalue weighted by Crippen LogP contribution is -2.62. The van der Waals surface area contributed by atoms with E-state index in [0.717, 1.165) is 25.7 Å². The molecular formula is C48H80N6O13. The van der Waals surface area contributed by atoms with E-state index in [9.17, 15) is 63.9 Å². The molecule has 0 heterocycles. The Balaban J connectivity index is 3.04. The summed E-state index contributed by atoms with van der Waals surface area (Å²) in [5.74, 6) is -8.78. The van der Waals surface area contributed by atoms with Crippen molar-refractivity contribution in [3.8, 4) is 5.75 Å². The molecule has 1 rings (SSSR count). The van der Waals surface area contributed by atoms with Crippen molar-refractivity contribution >= 4 is 47.4 Å². The van der Waals surface area contributed by atoms with Gasteiger partial charge in [-0.2, -0.15) is 0 Å². The molecule has 0 saturated carbocycles. The number of unbranched alkanes of at least 4 members (excludes halogenated alkanes) is 12. The first-order chi connectivity index (χ1) is 31.7. The summed E-state index contributed by atoms with van der Waals surface area (Å²) in [6.45, 7) is 9.21. The zero-order valence-electron chi connectivity index (χ0n) is 40.4. The number of hydrogen-bond donors (Lipinski definition) is 11. The molecule has 19 heteroatoms. The molecule has 0 saturated heterocycles. The fraction of sp³-hybridized carbons (Fsp3) is 0.708. The molecule has 19 nitrogen and oxygen atoms in total. The van der Waals surface area contributed by atoms with Crippen molar-refractivity contribution in [3.05, 3.63) is 29.8 Å². The second kappa shape index (κ2) is 33.2. The van der Waals surface area contributed by atoms with Gasteiger partial charge in [0, 0.05) is 19.3 Å². The second-order valence-corrected chi connectivity index (χ2v) is 18.2. The smallest absolute Gasteiger partial charge is 0.326 e. The summed E-state index contributed by atoms with van der Waals surface area (Å²) in [5.41, 5.74) is 0.406. The molecule has 1 unspecified atom stereocenters. The van der Waals surface area contributed by atoms with E-state index in [-0.39, 0.29) is 30.9 Å². The molecule has 1 aromatic rings. The number of carboxylic acids is 2. The van der Waals surface area contributed by atoms with Gasteiger partial charge in [-0.3, -0.25) is 33.6 Å². The fourth-order valence-electron chi connectivity index (χ4n) is 7.31. The molecule has 1 aromatic carbocycles. The van der Waals surface area contributed by atoms with Gasteiger partial charge in [-0.25, -0.2) is 4.79 Å². The summed E-state index contributed by atoms with van der Waals surface area (Å²) in [5, 5.41) is 64.2. The molecule has 6 amide bonds. The third-order valence-electron chi connectivity index (χ3n) is 11.3. The van der Waals surface area contributed by atoms with E-state index in [0.29, 0.717) is 12.0 Å². The SMILES string of the molecule is CCCCCCCCCCCCCCCC(=O)N[C@H](C(=O)N[C@H](C(=O)N[C@@H](CO)C(=O)N[C@@H](Cc1ccc(O)cc1)C(=O)N[C@@H](CCC(=O)O)C(=O)N[C@@H](CC(C)C)C(=O)O)C(C)C)C(C)O. The van der Waals surface area contributed by atoms with Gasteiger partial charge >= 0.3 is 11.9 Å². The highest BCUT2D eigenvalue weighted by Crippen LogP contribution is 2.15. The minimum atomic E-state index is -1.70. The average Bonchev–Trinajstić information content (AvgIpc) is 3.26. The molecule has 7 atom stereocenters. The standard InChI is InChI=1S/C48H80N6O13/c1-7-8-9-10-11-12-13-14-15-16-17-18-19-20-39(58)53-42(32(6)56)47(65)54-41(31(4)5)46(64)52-38(29-55)45(63)50-36(28-33-21-23-34(57)24-22-33)44(62)49-35(25-26-40(59)60)43(61)51-37(48(66)67)27-30(2)3/h21-24,30-32,35-38,41-42,55-57H,7-20,25-29H2,1-6H3,(H,49,62)(H,50,63)(H,51,61)(H,52,64)(H,53,58)(H,54,65)(H,59,60)(H,66,67)/t32?,35-,36-,37-,38-,41-,42-/m0/s1. The molecule has 380 valence electrons. The first-order valence-corrected chi connectivity index (χ1v) is 24.0. The van der Waals surface area contributed by atoms with Crippen molar-refractivity contribution in [1.82, 2.24) is 31.9 Å². The van der Waals surface area contributed by atoms with Crippen LogP contribution in [0.25, 0.3) is 0 Å². The number of aliphatic hydroxyl groups is 2. The zero-order chi connectivity index (χ0) is 50.5. The van der Waals surface area contributed by atoms with Crippen LogP contribution < -0.4 is 31.9 Å². The number of amides is 6. The molecule has 0 aromatic heterocycles. The van der Waals surface area contributed by atoms with E-state index in [1.165, 1.54) is 82.6 Å². The molecule has 0 bridgehead atoms. The number of benzene rings is 1. The number of carbonyl (C=O) groups excluding carboxylic acids is 6. The number of carbonyl (C=O) groups is 8. The Morgan fingerprint density at radius 2 is 1.00 bits per heavy atom. The van der Waals surface area contributed by atoms with Crippen LogP contribution in [0.4, 0.5) is 0 Å². The van der Waals surface area contributed by atoms with Crippen LogP contribution in [-0.4, -0.2) is 122 Å². The van der Waals surface area contributed by atoms with Crippen LogP contribution in [-0.2, 0) is 44.8 Å². The summed E-state index contributed by atoms with van der Waals surface area (Å²) in [6, 6.07) is -3.36. The lowest BCUT2D eigenvalue weighted by molar-refractivity contribution is -0.143. The topological polar surface area (TPSA) is 310 Å². The Morgan fingerprint density at radius 3 is 1.48 bits per heavy atom. The van der Waals surface area contributed by atoms with Gasteiger partial charge in [-0.05, 0) is 55.7 Å². The van der Waals surface area contributed by atoms with Crippen LogP contribution in [0.15, 0.2) is 24.3 Å². The Bertz CT molecular complexity index is 1690. The summed E-state index contributed by atoms with van der Waals surface area (Å²) < 4.78 is 0. The highest BCUT2D eigenvalue weighted by molar-refractivity contribution is 5.97. The van der Waals surface area contributed by atoms with Gasteiger partial charge in [-0.1, -0.05) is 124 Å². The Morgan fingerprint density at radius 1 is 0.537 bits per heavy atom. The normalized spacial score (nSPS) is 14.4. The molecule has 67 heavy (non-hydrogen) atoms. The highest BCUT2D eigenvalue weighted by Gasteiger charge is 2.35. The van der Waals surface area contributed by atoms with Crippen molar-refractivity contribution in [2.24, 2.45) is 11.8 Å². The van der Waals surface area contributed by atoms with Crippen LogP contribution in [0.2, 0.25) is 0 Å². The van der Waals surface area contributed by atoms with Crippen LogP contribution in [0.3, 0.4) is 0 Å². The lowest BCUT2D eigenvalue weighted by atomic mass is 10.0. The largest absolute Gasteiger partial charge is 0.508 e. The van der Waals surface area contributed by atoms with E-state index in [4.69, 9.17) is 0 Å². The predicted octanol–water partition coefficient (Wildman–Crippen LogP) is 3.35. The first-order valence-electron chi connectivity index (χ1n) is 24.0. The molecule has 11 N–H and O–H groups in total. The van der Waals surface area contributed by atoms with Crippen molar-refractivity contribution in [2.45, 2.75) is 199 Å². The summed E-state index contributed by atoms with van der Waals surface area (Å²) in [6.07, 6.45) is 12.3. The van der Waals surface area contributed by atoms with E-state index >= 15 is 0 Å². The van der Waals surface area contributed by atoms with Crippen LogP contribution in [0.5, 0.6) is 5.75 Å². The maximum atomic E-state index is 13.9. The Hall–Kier alpha value is -5.30. The van der Waals surface area contributed by atoms with Crippen LogP contribution in [0, 0.1) is 11.8 Å². The van der Waals surface area contributed by atoms with E-state index in [1.54, 1.807) is 27.7 Å². The Labute approximate surface area is 395 Å². The quantitative estimate of drug-likeness (QED) is 0.0431. The van der Waals surface area contributed by atoms with Crippen molar-refractivity contribution < 1.29 is 63.9 Å². The first kappa shape index (κ1) is 59.7. The van der Waals surface area contributed by atoms with Crippen LogP contribution >= 0.6 is 0 Å². The maximum Gasteiger partial charge on any atom is 0.326 e. The maximum absolute atomic E-state index is 13.9. The van der Waals surface area contributed by atoms with Crippen LogP contribution in [0.1, 0.15) is 156 Å². The molecule has 0 spiro atoms. The number of hydrogen-bond acceptors (Lipinski definition) is 11. The van der Waals surface area contributed by atoms with Crippen molar-refractivity contribution in [2.75, 3.05) is 6.61 Å². The molecule has 0 aliphatic heterocycles. The van der Waals surface area contributed by atoms with Crippen molar-refractivity contribution in [1.29, 1.82) is 0 Å². The van der Waals surface area contributed by atoms with Gasteiger partial charge in [-0.15, -0.1) is 0 Å². The summed E-state index contributed by atoms with van der Waals surface area (Å²) in [7, 11) is 0. The number of rotatable bonds is 36. The van der Waals surface area contributed by atoms with Gasteiger partial charge < -0.3 is 57.4 Å². The van der Waals surface area contributed by atoms with Crippen molar-refractivity contribution in [3.63, 3.8) is 0 Å². The van der Waals surface area contributed by atoms with E-state index in [2.05, 4.69) is 38.8 Å². The number of aromatic hydroxyl groups is 1. The average molecular weight is 949 g/mol. The molecule has 0 radical (unpaired) electrons. The molecule has 0 aliphatic carbocycles. The van der Waals surface area contributed by atoms with E-state index in [1.807, 2.05) is 0 Å². The molecule has 0 aliphatic rings. The number of phenols is 1. The lowest BCUT2D eigenvalue weighted by Gasteiger charge is -2.28. The minimum absolute atomic E-state index is 0.0348. The van der Waals surface area contributed by atoms with Gasteiger partial charge in [0.2, 0.25) is 35.4 Å². The number of nitrogens with one attached hydrogen (secondary N) is 6. The second-order valence-electron chi connectivity index (χ2n) is 18.2. The van der Waals surface area contributed by atoms with E-state index < -0.39 is 115 Å². The molecule has 0 fully saturated rings. The minimum Gasteiger partial charge on any atom is -0.508 e. The zero-order valence-corrected chi connectivity index (χ0v) is 40.4. The van der Waals surface area contributed by atoms with Gasteiger partial charge in [0.25, 0.3) is 0 Å². The third kappa shape index (κ3) is 25.4. The number of aliphatic carboxylic acids is 2. The monoisotopic (exact) mass is 949 g/mol.